The number of aliphatic hydroxyl groups excluding tert-OH is 1. The van der Waals surface area contributed by atoms with E-state index in [4.69, 9.17) is 14.3 Å². The largest absolute Gasteiger partial charge is 0.450 e. The summed E-state index contributed by atoms with van der Waals surface area (Å²) < 4.78 is 10.1. The topological polar surface area (TPSA) is 55.5 Å². The van der Waals surface area contributed by atoms with Gasteiger partial charge in [0.2, 0.25) is 0 Å². The minimum absolute atomic E-state index is 0.132. The van der Waals surface area contributed by atoms with E-state index in [0.29, 0.717) is 12.3 Å². The highest BCUT2D eigenvalue weighted by Crippen LogP contribution is 2.10. The molecule has 4 heteroatoms. The lowest BCUT2D eigenvalue weighted by molar-refractivity contribution is 0.233. The summed E-state index contributed by atoms with van der Waals surface area (Å²) in [7, 11) is 0. The fraction of sp³-hybridized carbons (Fsp3) is 0.444. The molecule has 1 heterocycles. The van der Waals surface area contributed by atoms with Crippen molar-refractivity contribution in [3.8, 4) is 6.08 Å². The summed E-state index contributed by atoms with van der Waals surface area (Å²) >= 11 is 0. The van der Waals surface area contributed by atoms with Crippen molar-refractivity contribution in [1.82, 2.24) is 4.98 Å². The molecule has 1 N–H and O–H groups in total. The monoisotopic (exact) mass is 183 g/mol. The van der Waals surface area contributed by atoms with Crippen molar-refractivity contribution < 1.29 is 14.3 Å². The van der Waals surface area contributed by atoms with Gasteiger partial charge in [0.1, 0.15) is 12.0 Å². The molecule has 4 nitrogen and oxygen atoms in total. The van der Waals surface area contributed by atoms with Crippen LogP contribution in [0.4, 0.5) is 0 Å². The van der Waals surface area contributed by atoms with Gasteiger partial charge in [-0.3, -0.25) is 0 Å². The Morgan fingerprint density at radius 1 is 1.77 bits per heavy atom. The van der Waals surface area contributed by atoms with Gasteiger partial charge in [0.25, 0.3) is 0 Å². The van der Waals surface area contributed by atoms with Crippen LogP contribution in [-0.2, 0) is 6.61 Å². The fourth-order valence-electron chi connectivity index (χ4n) is 0.740. The van der Waals surface area contributed by atoms with E-state index in [2.05, 4.69) is 11.6 Å². The third kappa shape index (κ3) is 3.29. The van der Waals surface area contributed by atoms with Crippen molar-refractivity contribution >= 4 is 0 Å². The van der Waals surface area contributed by atoms with Crippen molar-refractivity contribution in [2.24, 2.45) is 0 Å². The number of rotatable bonds is 5. The Kier molecular flexibility index (Phi) is 3.52. The molecule has 13 heavy (non-hydrogen) atoms. The second kappa shape index (κ2) is 4.67. The lowest BCUT2D eigenvalue weighted by Gasteiger charge is -1.99. The van der Waals surface area contributed by atoms with Crippen molar-refractivity contribution in [2.75, 3.05) is 6.61 Å². The van der Waals surface area contributed by atoms with Gasteiger partial charge in [0.05, 0.1) is 13.2 Å². The molecule has 0 unspecified atom stereocenters. The van der Waals surface area contributed by atoms with Crippen LogP contribution in [0.25, 0.3) is 0 Å². The van der Waals surface area contributed by atoms with Gasteiger partial charge in [-0.15, -0.1) is 6.58 Å². The standard InChI is InChI=1S/C9H13NO3/c1-7(2)3-4-12-9-10-8(5-11)6-13-9/h6,11H,1,3-5H2,2H3. The van der Waals surface area contributed by atoms with Crippen LogP contribution in [0.2, 0.25) is 0 Å². The molecule has 1 aromatic rings. The van der Waals surface area contributed by atoms with E-state index in [9.17, 15) is 0 Å². The van der Waals surface area contributed by atoms with Crippen LogP contribution < -0.4 is 4.74 Å². The maximum atomic E-state index is 8.67. The van der Waals surface area contributed by atoms with Crippen LogP contribution in [0.1, 0.15) is 19.0 Å². The molecule has 0 aliphatic heterocycles. The molecular formula is C9H13NO3. The first kappa shape index (κ1) is 9.80. The SMILES string of the molecule is C=C(C)CCOc1nc(CO)co1. The molecule has 0 aliphatic carbocycles. The number of aliphatic hydroxyl groups is 1. The van der Waals surface area contributed by atoms with E-state index in [0.717, 1.165) is 12.0 Å². The van der Waals surface area contributed by atoms with Crippen LogP contribution >= 0.6 is 0 Å². The van der Waals surface area contributed by atoms with Crippen molar-refractivity contribution in [2.45, 2.75) is 20.0 Å². The highest BCUT2D eigenvalue weighted by atomic mass is 16.6. The van der Waals surface area contributed by atoms with Gasteiger partial charge in [-0.1, -0.05) is 5.57 Å². The zero-order chi connectivity index (χ0) is 9.68. The van der Waals surface area contributed by atoms with Gasteiger partial charge < -0.3 is 14.3 Å². The molecule has 72 valence electrons. The van der Waals surface area contributed by atoms with Crippen LogP contribution in [-0.4, -0.2) is 16.7 Å². The summed E-state index contributed by atoms with van der Waals surface area (Å²) in [5.41, 5.74) is 1.53. The number of oxazole rings is 1. The van der Waals surface area contributed by atoms with Crippen LogP contribution in [0.3, 0.4) is 0 Å². The molecule has 1 aromatic heterocycles. The van der Waals surface area contributed by atoms with Gasteiger partial charge >= 0.3 is 6.08 Å². The predicted octanol–water partition coefficient (Wildman–Crippen LogP) is 1.51. The Bertz CT molecular complexity index is 280. The van der Waals surface area contributed by atoms with Gasteiger partial charge in [0.15, 0.2) is 0 Å². The number of hydrogen-bond acceptors (Lipinski definition) is 4. The maximum absolute atomic E-state index is 8.67. The number of ether oxygens (including phenoxy) is 1. The molecule has 0 spiro atoms. The molecule has 0 radical (unpaired) electrons. The first-order chi connectivity index (χ1) is 6.22. The molecule has 0 atom stereocenters. The summed E-state index contributed by atoms with van der Waals surface area (Å²) in [6.07, 6.45) is 2.35. The Morgan fingerprint density at radius 3 is 3.08 bits per heavy atom. The third-order valence-electron chi connectivity index (χ3n) is 1.45. The van der Waals surface area contributed by atoms with Gasteiger partial charge in [-0.05, 0) is 6.92 Å². The Morgan fingerprint density at radius 2 is 2.54 bits per heavy atom. The summed E-state index contributed by atoms with van der Waals surface area (Å²) in [5.74, 6) is 0. The van der Waals surface area contributed by atoms with E-state index < -0.39 is 0 Å². The Balaban J connectivity index is 2.32. The molecule has 0 saturated carbocycles. The van der Waals surface area contributed by atoms with E-state index in [1.165, 1.54) is 6.26 Å². The molecule has 0 amide bonds. The van der Waals surface area contributed by atoms with E-state index in [1.807, 2.05) is 6.92 Å². The quantitative estimate of drug-likeness (QED) is 0.703. The van der Waals surface area contributed by atoms with E-state index in [-0.39, 0.29) is 12.7 Å². The molecule has 0 aromatic carbocycles. The number of nitrogens with zero attached hydrogens (tertiary/aromatic N) is 1. The van der Waals surface area contributed by atoms with E-state index in [1.54, 1.807) is 0 Å². The van der Waals surface area contributed by atoms with Crippen molar-refractivity contribution in [3.05, 3.63) is 24.1 Å². The van der Waals surface area contributed by atoms with Crippen LogP contribution in [0.5, 0.6) is 6.08 Å². The Labute approximate surface area is 76.9 Å². The van der Waals surface area contributed by atoms with Crippen LogP contribution in [0, 0.1) is 0 Å². The van der Waals surface area contributed by atoms with Crippen molar-refractivity contribution in [3.63, 3.8) is 0 Å². The second-order valence-corrected chi connectivity index (χ2v) is 2.82. The number of aromatic nitrogens is 1. The van der Waals surface area contributed by atoms with Gasteiger partial charge in [-0.2, -0.15) is 4.98 Å². The predicted molar refractivity (Wildman–Crippen MR) is 47.4 cm³/mol. The second-order valence-electron chi connectivity index (χ2n) is 2.82. The minimum atomic E-state index is -0.132. The first-order valence-electron chi connectivity index (χ1n) is 4.05. The van der Waals surface area contributed by atoms with E-state index >= 15 is 0 Å². The molecule has 0 aliphatic rings. The summed E-state index contributed by atoms with van der Waals surface area (Å²) in [6, 6.07) is 0. The molecule has 0 fully saturated rings. The zero-order valence-corrected chi connectivity index (χ0v) is 7.62. The minimum Gasteiger partial charge on any atom is -0.450 e. The smallest absolute Gasteiger partial charge is 0.393 e. The van der Waals surface area contributed by atoms with Crippen molar-refractivity contribution in [1.29, 1.82) is 0 Å². The van der Waals surface area contributed by atoms with Gasteiger partial charge in [0, 0.05) is 6.42 Å². The lowest BCUT2D eigenvalue weighted by atomic mass is 10.3. The molecule has 0 bridgehead atoms. The molecule has 0 saturated heterocycles. The summed E-state index contributed by atoms with van der Waals surface area (Å²) in [4.78, 5) is 3.86. The first-order valence-corrected chi connectivity index (χ1v) is 4.05. The highest BCUT2D eigenvalue weighted by Gasteiger charge is 2.02. The average molecular weight is 183 g/mol. The molecular weight excluding hydrogens is 170 g/mol. The number of hydrogen-bond donors (Lipinski definition) is 1. The zero-order valence-electron chi connectivity index (χ0n) is 7.62. The normalized spacial score (nSPS) is 10.0. The summed E-state index contributed by atoms with van der Waals surface area (Å²) in [6.45, 7) is 6.03. The lowest BCUT2D eigenvalue weighted by Crippen LogP contribution is -1.97. The molecule has 1 rings (SSSR count). The Hall–Kier alpha value is -1.29. The highest BCUT2D eigenvalue weighted by molar-refractivity contribution is 4.98. The summed E-state index contributed by atoms with van der Waals surface area (Å²) in [5, 5.41) is 8.67. The van der Waals surface area contributed by atoms with Gasteiger partial charge in [-0.25, -0.2) is 0 Å². The maximum Gasteiger partial charge on any atom is 0.393 e. The fourth-order valence-corrected chi connectivity index (χ4v) is 0.740. The third-order valence-corrected chi connectivity index (χ3v) is 1.45. The average Bonchev–Trinajstić information content (AvgIpc) is 2.52. The van der Waals surface area contributed by atoms with Crippen LogP contribution in [0.15, 0.2) is 22.8 Å².